The minimum Gasteiger partial charge on any atom is -0.480 e. The van der Waals surface area contributed by atoms with Gasteiger partial charge in [-0.3, -0.25) is 4.79 Å². The number of likely N-dealkylation sites (tertiary alicyclic amines) is 1. The average molecular weight is 328 g/mol. The molecule has 3 atom stereocenters. The first kappa shape index (κ1) is 14.7. The van der Waals surface area contributed by atoms with E-state index in [1.54, 1.807) is 12.1 Å². The number of carboxylic acid groups (broad SMARTS) is 1. The molecular weight excluding hydrogens is 313 g/mol. The molecule has 1 aliphatic carbocycles. The predicted octanol–water partition coefficient (Wildman–Crippen LogP) is 3.17. The van der Waals surface area contributed by atoms with E-state index in [-0.39, 0.29) is 17.7 Å². The van der Waals surface area contributed by atoms with Crippen molar-refractivity contribution in [3.8, 4) is 0 Å². The molecule has 1 heterocycles. The Morgan fingerprint density at radius 3 is 2.67 bits per heavy atom. The van der Waals surface area contributed by atoms with Crippen molar-refractivity contribution in [2.24, 2.45) is 5.92 Å². The molecule has 4 nitrogen and oxygen atoms in total. The van der Waals surface area contributed by atoms with Crippen LogP contribution >= 0.6 is 23.2 Å². The Morgan fingerprint density at radius 1 is 1.24 bits per heavy atom. The molecule has 6 heteroatoms. The van der Waals surface area contributed by atoms with Crippen LogP contribution in [0.15, 0.2) is 18.2 Å². The van der Waals surface area contributed by atoms with E-state index in [9.17, 15) is 9.59 Å². The molecule has 3 rings (SSSR count). The van der Waals surface area contributed by atoms with Crippen molar-refractivity contribution < 1.29 is 14.7 Å². The zero-order valence-electron chi connectivity index (χ0n) is 11.3. The Kier molecular flexibility index (Phi) is 3.84. The van der Waals surface area contributed by atoms with Crippen molar-refractivity contribution in [2.45, 2.75) is 31.2 Å². The van der Waals surface area contributed by atoms with Gasteiger partial charge in [0.1, 0.15) is 6.04 Å². The van der Waals surface area contributed by atoms with Gasteiger partial charge in [-0.1, -0.05) is 29.3 Å². The monoisotopic (exact) mass is 327 g/mol. The van der Waals surface area contributed by atoms with Gasteiger partial charge < -0.3 is 10.0 Å². The number of hydrogen-bond acceptors (Lipinski definition) is 2. The summed E-state index contributed by atoms with van der Waals surface area (Å²) in [5.41, 5.74) is 0.994. The molecule has 2 aliphatic rings. The highest BCUT2D eigenvalue weighted by molar-refractivity contribution is 6.42. The van der Waals surface area contributed by atoms with Gasteiger partial charge in [-0.05, 0) is 42.9 Å². The second-order valence-corrected chi connectivity index (χ2v) is 6.46. The minimum absolute atomic E-state index is 0.0454. The highest BCUT2D eigenvalue weighted by Gasteiger charge is 2.48. The molecule has 0 radical (unpaired) electrons. The molecule has 1 amide bonds. The van der Waals surface area contributed by atoms with Crippen molar-refractivity contribution in [3.05, 3.63) is 33.8 Å². The summed E-state index contributed by atoms with van der Waals surface area (Å²) in [5.74, 6) is -0.951. The standard InChI is InChI=1S/C15H15Cl2NO3/c16-11-4-3-8(6-12(11)17)9-7-10(9)14(19)18-5-1-2-13(18)15(20)21/h3-4,6,9-10,13H,1-2,5,7H2,(H,20,21). The minimum atomic E-state index is -0.910. The van der Waals surface area contributed by atoms with Gasteiger partial charge in [-0.2, -0.15) is 0 Å². The zero-order valence-corrected chi connectivity index (χ0v) is 12.8. The van der Waals surface area contributed by atoms with Gasteiger partial charge in [0.2, 0.25) is 5.91 Å². The largest absolute Gasteiger partial charge is 0.480 e. The van der Waals surface area contributed by atoms with Crippen LogP contribution in [-0.2, 0) is 9.59 Å². The maximum Gasteiger partial charge on any atom is 0.326 e. The van der Waals surface area contributed by atoms with Gasteiger partial charge in [0.15, 0.2) is 0 Å². The quantitative estimate of drug-likeness (QED) is 0.927. The Morgan fingerprint density at radius 2 is 2.00 bits per heavy atom. The van der Waals surface area contributed by atoms with Crippen LogP contribution in [0.2, 0.25) is 10.0 Å². The first-order chi connectivity index (χ1) is 9.99. The summed E-state index contributed by atoms with van der Waals surface area (Å²) in [6, 6.07) is 4.74. The number of benzene rings is 1. The third kappa shape index (κ3) is 2.74. The number of rotatable bonds is 3. The maximum atomic E-state index is 12.5. The Bertz CT molecular complexity index is 605. The van der Waals surface area contributed by atoms with Crippen molar-refractivity contribution in [1.29, 1.82) is 0 Å². The summed E-state index contributed by atoms with van der Waals surface area (Å²) in [5, 5.41) is 10.1. The fraction of sp³-hybridized carbons (Fsp3) is 0.467. The zero-order chi connectivity index (χ0) is 15.1. The fourth-order valence-electron chi connectivity index (χ4n) is 3.08. The van der Waals surface area contributed by atoms with Gasteiger partial charge in [0.25, 0.3) is 0 Å². The Hall–Kier alpha value is -1.26. The number of amides is 1. The number of halogens is 2. The van der Waals surface area contributed by atoms with Crippen LogP contribution in [0.5, 0.6) is 0 Å². The van der Waals surface area contributed by atoms with Crippen LogP contribution in [-0.4, -0.2) is 34.5 Å². The van der Waals surface area contributed by atoms with E-state index >= 15 is 0 Å². The first-order valence-electron chi connectivity index (χ1n) is 6.97. The van der Waals surface area contributed by atoms with E-state index in [1.165, 1.54) is 4.90 Å². The molecule has 1 saturated heterocycles. The summed E-state index contributed by atoms with van der Waals surface area (Å²) in [7, 11) is 0. The smallest absolute Gasteiger partial charge is 0.326 e. The SMILES string of the molecule is O=C(O)C1CCCN1C(=O)C1CC1c1ccc(Cl)c(Cl)c1. The van der Waals surface area contributed by atoms with Crippen LogP contribution in [0.1, 0.15) is 30.7 Å². The Labute approximate surface area is 132 Å². The molecule has 1 aromatic rings. The van der Waals surface area contributed by atoms with Crippen molar-refractivity contribution in [3.63, 3.8) is 0 Å². The average Bonchev–Trinajstić information content (AvgIpc) is 3.08. The summed E-state index contributed by atoms with van der Waals surface area (Å²) in [6.45, 7) is 0.542. The second kappa shape index (κ2) is 5.50. The number of carboxylic acids is 1. The summed E-state index contributed by atoms with van der Waals surface area (Å²) in [6.07, 6.45) is 2.05. The van der Waals surface area contributed by atoms with Gasteiger partial charge in [-0.15, -0.1) is 0 Å². The van der Waals surface area contributed by atoms with E-state index in [0.717, 1.165) is 18.4 Å². The number of carbonyl (C=O) groups excluding carboxylic acids is 1. The molecule has 112 valence electrons. The molecule has 2 fully saturated rings. The molecule has 0 bridgehead atoms. The highest BCUT2D eigenvalue weighted by atomic mass is 35.5. The van der Waals surface area contributed by atoms with E-state index < -0.39 is 12.0 Å². The van der Waals surface area contributed by atoms with Gasteiger partial charge in [-0.25, -0.2) is 4.79 Å². The second-order valence-electron chi connectivity index (χ2n) is 5.65. The molecule has 0 aromatic heterocycles. The number of carbonyl (C=O) groups is 2. The molecule has 1 saturated carbocycles. The summed E-state index contributed by atoms with van der Waals surface area (Å²) < 4.78 is 0. The number of hydrogen-bond donors (Lipinski definition) is 1. The van der Waals surface area contributed by atoms with Crippen LogP contribution in [0.3, 0.4) is 0 Å². The van der Waals surface area contributed by atoms with Gasteiger partial charge >= 0.3 is 5.97 Å². The van der Waals surface area contributed by atoms with Crippen LogP contribution < -0.4 is 0 Å². The lowest BCUT2D eigenvalue weighted by Gasteiger charge is -2.21. The lowest BCUT2D eigenvalue weighted by Crippen LogP contribution is -2.41. The first-order valence-corrected chi connectivity index (χ1v) is 7.73. The van der Waals surface area contributed by atoms with E-state index in [2.05, 4.69) is 0 Å². The third-order valence-electron chi connectivity index (χ3n) is 4.30. The van der Waals surface area contributed by atoms with E-state index in [4.69, 9.17) is 28.3 Å². The molecule has 0 spiro atoms. The summed E-state index contributed by atoms with van der Waals surface area (Å²) >= 11 is 11.9. The van der Waals surface area contributed by atoms with Crippen LogP contribution in [0.4, 0.5) is 0 Å². The number of nitrogens with zero attached hydrogens (tertiary/aromatic N) is 1. The van der Waals surface area contributed by atoms with E-state index in [0.29, 0.717) is 23.0 Å². The lowest BCUT2D eigenvalue weighted by molar-refractivity contribution is -0.148. The van der Waals surface area contributed by atoms with Crippen LogP contribution in [0.25, 0.3) is 0 Å². The topological polar surface area (TPSA) is 57.6 Å². The number of aliphatic carboxylic acids is 1. The molecular formula is C15H15Cl2NO3. The van der Waals surface area contributed by atoms with E-state index in [1.807, 2.05) is 6.07 Å². The van der Waals surface area contributed by atoms with Crippen molar-refractivity contribution in [1.82, 2.24) is 4.90 Å². The fourth-order valence-corrected chi connectivity index (χ4v) is 3.39. The molecule has 1 N–H and O–H groups in total. The third-order valence-corrected chi connectivity index (χ3v) is 5.04. The van der Waals surface area contributed by atoms with Gasteiger partial charge in [0.05, 0.1) is 10.0 Å². The maximum absolute atomic E-state index is 12.5. The van der Waals surface area contributed by atoms with Gasteiger partial charge in [0, 0.05) is 12.5 Å². The van der Waals surface area contributed by atoms with Crippen LogP contribution in [0, 0.1) is 5.92 Å². The summed E-state index contributed by atoms with van der Waals surface area (Å²) in [4.78, 5) is 25.1. The Balaban J connectivity index is 1.71. The normalized spacial score (nSPS) is 27.7. The predicted molar refractivity (Wildman–Crippen MR) is 79.7 cm³/mol. The molecule has 1 aliphatic heterocycles. The van der Waals surface area contributed by atoms with Crippen molar-refractivity contribution in [2.75, 3.05) is 6.54 Å². The molecule has 21 heavy (non-hydrogen) atoms. The molecule has 3 unspecified atom stereocenters. The van der Waals surface area contributed by atoms with Crippen molar-refractivity contribution >= 4 is 35.1 Å². The lowest BCUT2D eigenvalue weighted by atomic mass is 10.1. The highest BCUT2D eigenvalue weighted by Crippen LogP contribution is 2.50. The molecule has 1 aromatic carbocycles.